The molecule has 0 saturated heterocycles. The number of carbonyl (C=O) groups is 2. The molecule has 0 N–H and O–H groups in total. The van der Waals surface area contributed by atoms with Gasteiger partial charge in [0.2, 0.25) is 5.91 Å². The number of amides is 2. The topological polar surface area (TPSA) is 105 Å². The summed E-state index contributed by atoms with van der Waals surface area (Å²) in [4.78, 5) is 29.5. The summed E-state index contributed by atoms with van der Waals surface area (Å²) in [6.45, 7) is 0.634. The molecular weight excluding hydrogens is 526 g/mol. The number of hydrogen-bond acceptors (Lipinski definition) is 10. The Hall–Kier alpha value is -3.51. The SMILES string of the molecule is COc1ccc(C2=NN(C(=O)CSC3=NN4CCCC(=O)N=C4S3)[C@@H](c3cccc(OC)c3OC)C2)cc1. The van der Waals surface area contributed by atoms with Gasteiger partial charge in [0.05, 0.1) is 38.8 Å². The standard InChI is InChI=1S/C26H27N5O5S2/c1-34-17-11-9-16(10-12-17)19-14-20(18-6-4-7-21(35-2)24(18)36-3)31(28-19)23(33)15-37-26-29-30-13-5-8-22(32)27-25(30)38-26/h4,6-7,9-12,20H,5,8,13-15H2,1-3H3/t20-/m1/s1. The Morgan fingerprint density at radius 3 is 2.63 bits per heavy atom. The molecule has 0 saturated carbocycles. The third-order valence-electron chi connectivity index (χ3n) is 6.28. The van der Waals surface area contributed by atoms with Gasteiger partial charge in [-0.1, -0.05) is 23.9 Å². The van der Waals surface area contributed by atoms with Crippen molar-refractivity contribution in [1.29, 1.82) is 0 Å². The lowest BCUT2D eigenvalue weighted by Gasteiger charge is -2.24. The van der Waals surface area contributed by atoms with Crippen LogP contribution in [-0.4, -0.2) is 70.7 Å². The van der Waals surface area contributed by atoms with Gasteiger partial charge in [-0.3, -0.25) is 9.59 Å². The number of fused-ring (bicyclic) bond motifs is 1. The fraction of sp³-hybridized carbons (Fsp3) is 0.346. The predicted octanol–water partition coefficient (Wildman–Crippen LogP) is 4.12. The molecule has 38 heavy (non-hydrogen) atoms. The van der Waals surface area contributed by atoms with E-state index in [2.05, 4.69) is 10.1 Å². The van der Waals surface area contributed by atoms with Gasteiger partial charge in [-0.2, -0.15) is 15.2 Å². The molecule has 0 radical (unpaired) electrons. The van der Waals surface area contributed by atoms with Crippen molar-refractivity contribution in [2.75, 3.05) is 33.6 Å². The Labute approximate surface area is 229 Å². The van der Waals surface area contributed by atoms with Crippen LogP contribution in [0.15, 0.2) is 57.7 Å². The molecule has 10 nitrogen and oxygen atoms in total. The second-order valence-corrected chi connectivity index (χ2v) is 10.8. The normalized spacial score (nSPS) is 18.9. The molecule has 0 aliphatic carbocycles. The number of benzene rings is 2. The van der Waals surface area contributed by atoms with Gasteiger partial charge in [0.1, 0.15) is 5.75 Å². The number of aliphatic imine (C=N–C) groups is 1. The summed E-state index contributed by atoms with van der Waals surface area (Å²) in [5.41, 5.74) is 2.51. The van der Waals surface area contributed by atoms with Crippen LogP contribution >= 0.6 is 23.5 Å². The molecule has 2 aromatic carbocycles. The van der Waals surface area contributed by atoms with Gasteiger partial charge in [0.25, 0.3) is 5.91 Å². The van der Waals surface area contributed by atoms with E-state index in [0.29, 0.717) is 46.8 Å². The second kappa shape index (κ2) is 11.5. The number of carbonyl (C=O) groups excluding carboxylic acids is 2. The van der Waals surface area contributed by atoms with Gasteiger partial charge < -0.3 is 14.2 Å². The number of para-hydroxylation sites is 1. The van der Waals surface area contributed by atoms with Crippen LogP contribution in [0.25, 0.3) is 0 Å². The minimum absolute atomic E-state index is 0.128. The van der Waals surface area contributed by atoms with Gasteiger partial charge in [-0.15, -0.1) is 0 Å². The number of amidine groups is 1. The van der Waals surface area contributed by atoms with E-state index in [0.717, 1.165) is 22.6 Å². The lowest BCUT2D eigenvalue weighted by molar-refractivity contribution is -0.130. The highest BCUT2D eigenvalue weighted by Gasteiger charge is 2.36. The van der Waals surface area contributed by atoms with Crippen LogP contribution in [0.5, 0.6) is 17.2 Å². The lowest BCUT2D eigenvalue weighted by Crippen LogP contribution is -2.29. The maximum absolute atomic E-state index is 13.6. The Balaban J connectivity index is 1.39. The first-order valence-corrected chi connectivity index (χ1v) is 13.8. The number of ether oxygens (including phenoxy) is 3. The second-order valence-electron chi connectivity index (χ2n) is 8.59. The molecule has 0 aromatic heterocycles. The summed E-state index contributed by atoms with van der Waals surface area (Å²) in [5.74, 6) is 1.73. The van der Waals surface area contributed by atoms with E-state index in [4.69, 9.17) is 19.3 Å². The lowest BCUT2D eigenvalue weighted by atomic mass is 9.97. The summed E-state index contributed by atoms with van der Waals surface area (Å²) in [6, 6.07) is 12.9. The van der Waals surface area contributed by atoms with E-state index in [1.807, 2.05) is 42.5 Å². The van der Waals surface area contributed by atoms with Crippen molar-refractivity contribution in [3.8, 4) is 17.2 Å². The average molecular weight is 554 g/mol. The Morgan fingerprint density at radius 2 is 1.89 bits per heavy atom. The molecule has 3 heterocycles. The number of hydrogen-bond donors (Lipinski definition) is 0. The fourth-order valence-electron chi connectivity index (χ4n) is 4.42. The number of thioether (sulfide) groups is 2. The summed E-state index contributed by atoms with van der Waals surface area (Å²) >= 11 is 2.63. The summed E-state index contributed by atoms with van der Waals surface area (Å²) in [6.07, 6.45) is 1.64. The Morgan fingerprint density at radius 1 is 1.08 bits per heavy atom. The maximum Gasteiger partial charge on any atom is 0.253 e. The molecule has 5 rings (SSSR count). The highest BCUT2D eigenvalue weighted by molar-refractivity contribution is 8.45. The van der Waals surface area contributed by atoms with Crippen LogP contribution in [0.2, 0.25) is 0 Å². The number of hydrazone groups is 2. The quantitative estimate of drug-likeness (QED) is 0.504. The van der Waals surface area contributed by atoms with Crippen molar-refractivity contribution in [3.63, 3.8) is 0 Å². The molecule has 3 aliphatic heterocycles. The molecule has 2 amide bonds. The summed E-state index contributed by atoms with van der Waals surface area (Å²) in [7, 11) is 4.79. The van der Waals surface area contributed by atoms with Crippen LogP contribution < -0.4 is 14.2 Å². The molecule has 0 spiro atoms. The van der Waals surface area contributed by atoms with Crippen molar-refractivity contribution in [1.82, 2.24) is 10.0 Å². The molecule has 12 heteroatoms. The summed E-state index contributed by atoms with van der Waals surface area (Å²) < 4.78 is 17.2. The van der Waals surface area contributed by atoms with Gasteiger partial charge in [-0.25, -0.2) is 10.0 Å². The fourth-order valence-corrected chi connectivity index (χ4v) is 6.28. The zero-order valence-electron chi connectivity index (χ0n) is 21.2. The number of nitrogens with zero attached hydrogens (tertiary/aromatic N) is 5. The first-order chi connectivity index (χ1) is 18.5. The van der Waals surface area contributed by atoms with E-state index in [1.54, 1.807) is 26.3 Å². The molecule has 0 fully saturated rings. The van der Waals surface area contributed by atoms with E-state index in [1.165, 1.54) is 28.5 Å². The Bertz CT molecular complexity index is 1330. The van der Waals surface area contributed by atoms with Crippen molar-refractivity contribution >= 4 is 50.6 Å². The van der Waals surface area contributed by atoms with Crippen molar-refractivity contribution in [3.05, 3.63) is 53.6 Å². The zero-order chi connectivity index (χ0) is 26.6. The highest BCUT2D eigenvalue weighted by atomic mass is 32.2. The van der Waals surface area contributed by atoms with Gasteiger partial charge in [0, 0.05) is 24.9 Å². The van der Waals surface area contributed by atoms with Gasteiger partial charge in [0.15, 0.2) is 21.0 Å². The molecule has 3 aliphatic rings. The van der Waals surface area contributed by atoms with Crippen LogP contribution in [0, 0.1) is 0 Å². The first kappa shape index (κ1) is 26.1. The van der Waals surface area contributed by atoms with Crippen molar-refractivity contribution < 1.29 is 23.8 Å². The average Bonchev–Trinajstić information content (AvgIpc) is 3.51. The van der Waals surface area contributed by atoms with Gasteiger partial charge >= 0.3 is 0 Å². The molecule has 198 valence electrons. The number of methoxy groups -OCH3 is 3. The van der Waals surface area contributed by atoms with E-state index in [9.17, 15) is 9.59 Å². The minimum Gasteiger partial charge on any atom is -0.497 e. The minimum atomic E-state index is -0.375. The van der Waals surface area contributed by atoms with E-state index < -0.39 is 0 Å². The van der Waals surface area contributed by atoms with Crippen LogP contribution in [-0.2, 0) is 9.59 Å². The third kappa shape index (κ3) is 5.37. The van der Waals surface area contributed by atoms with Crippen LogP contribution in [0.4, 0.5) is 0 Å². The van der Waals surface area contributed by atoms with E-state index >= 15 is 0 Å². The van der Waals surface area contributed by atoms with Crippen LogP contribution in [0.3, 0.4) is 0 Å². The van der Waals surface area contributed by atoms with Crippen LogP contribution in [0.1, 0.15) is 36.4 Å². The van der Waals surface area contributed by atoms with Crippen molar-refractivity contribution in [2.45, 2.75) is 25.3 Å². The third-order valence-corrected chi connectivity index (χ3v) is 8.35. The van der Waals surface area contributed by atoms with Crippen molar-refractivity contribution in [2.24, 2.45) is 15.2 Å². The molecule has 1 atom stereocenters. The molecule has 0 unspecified atom stereocenters. The van der Waals surface area contributed by atoms with E-state index in [-0.39, 0.29) is 23.6 Å². The monoisotopic (exact) mass is 553 g/mol. The zero-order valence-corrected chi connectivity index (χ0v) is 22.9. The molecule has 2 aromatic rings. The molecule has 0 bridgehead atoms. The predicted molar refractivity (Wildman–Crippen MR) is 149 cm³/mol. The Kier molecular flexibility index (Phi) is 7.89. The van der Waals surface area contributed by atoms with Gasteiger partial charge in [-0.05, 0) is 54.1 Å². The maximum atomic E-state index is 13.6. The number of rotatable bonds is 7. The molecular formula is C26H27N5O5S2. The summed E-state index contributed by atoms with van der Waals surface area (Å²) in [5, 5.41) is 13.2. The largest absolute Gasteiger partial charge is 0.497 e. The highest BCUT2D eigenvalue weighted by Crippen LogP contribution is 2.42. The smallest absolute Gasteiger partial charge is 0.253 e. The first-order valence-electron chi connectivity index (χ1n) is 12.0.